The van der Waals surface area contributed by atoms with Crippen LogP contribution in [0.25, 0.3) is 0 Å². The van der Waals surface area contributed by atoms with Crippen LogP contribution in [0.3, 0.4) is 0 Å². The summed E-state index contributed by atoms with van der Waals surface area (Å²) in [6.07, 6.45) is 4.90. The highest BCUT2D eigenvalue weighted by atomic mass is 16.2. The van der Waals surface area contributed by atoms with Gasteiger partial charge in [0.25, 0.3) is 5.91 Å². The van der Waals surface area contributed by atoms with E-state index in [-0.39, 0.29) is 18.4 Å². The Morgan fingerprint density at radius 3 is 2.72 bits per heavy atom. The van der Waals surface area contributed by atoms with Crippen LogP contribution in [0.1, 0.15) is 33.1 Å². The molecule has 1 fully saturated rings. The van der Waals surface area contributed by atoms with Gasteiger partial charge in [0.2, 0.25) is 5.95 Å². The number of amides is 1. The molecule has 7 heteroatoms. The number of rotatable bonds is 3. The van der Waals surface area contributed by atoms with Gasteiger partial charge in [0.05, 0.1) is 0 Å². The summed E-state index contributed by atoms with van der Waals surface area (Å²) in [4.78, 5) is 15.7. The van der Waals surface area contributed by atoms with Crippen molar-refractivity contribution in [3.63, 3.8) is 0 Å². The SMILES string of the molecule is CC1CCCC(C)N1NC(=O)Cn1cnc(N)n1. The van der Waals surface area contributed by atoms with E-state index in [1.807, 2.05) is 5.01 Å². The molecule has 0 bridgehead atoms. The van der Waals surface area contributed by atoms with Crippen molar-refractivity contribution >= 4 is 11.9 Å². The van der Waals surface area contributed by atoms with E-state index in [0.717, 1.165) is 12.8 Å². The molecule has 18 heavy (non-hydrogen) atoms. The molecule has 100 valence electrons. The maximum atomic E-state index is 11.9. The van der Waals surface area contributed by atoms with Crippen LogP contribution in [0.15, 0.2) is 6.33 Å². The fourth-order valence-corrected chi connectivity index (χ4v) is 2.35. The van der Waals surface area contributed by atoms with Gasteiger partial charge in [-0.05, 0) is 26.7 Å². The first-order valence-electron chi connectivity index (χ1n) is 6.29. The van der Waals surface area contributed by atoms with Gasteiger partial charge in [-0.1, -0.05) is 6.42 Å². The van der Waals surface area contributed by atoms with Crippen molar-refractivity contribution in [1.29, 1.82) is 0 Å². The van der Waals surface area contributed by atoms with Crippen molar-refractivity contribution in [1.82, 2.24) is 25.2 Å². The number of carbonyl (C=O) groups excluding carboxylic acids is 1. The standard InChI is InChI=1S/C11H20N6O/c1-8-4-3-5-9(2)17(8)14-10(18)6-16-7-13-11(12)15-16/h7-9H,3-6H2,1-2H3,(H2,12,15)(H,14,18). The Balaban J connectivity index is 1.90. The smallest absolute Gasteiger partial charge is 0.256 e. The molecule has 2 atom stereocenters. The van der Waals surface area contributed by atoms with Gasteiger partial charge < -0.3 is 5.73 Å². The molecule has 0 radical (unpaired) electrons. The van der Waals surface area contributed by atoms with Crippen LogP contribution in [0.2, 0.25) is 0 Å². The predicted octanol–water partition coefficient (Wildman–Crippen LogP) is 0.154. The number of nitrogens with two attached hydrogens (primary N) is 1. The predicted molar refractivity (Wildman–Crippen MR) is 67.2 cm³/mol. The van der Waals surface area contributed by atoms with E-state index in [9.17, 15) is 4.79 Å². The van der Waals surface area contributed by atoms with Crippen LogP contribution < -0.4 is 11.2 Å². The van der Waals surface area contributed by atoms with E-state index in [1.54, 1.807) is 0 Å². The lowest BCUT2D eigenvalue weighted by atomic mass is 10.00. The summed E-state index contributed by atoms with van der Waals surface area (Å²) < 4.78 is 1.43. The number of nitrogens with one attached hydrogen (secondary N) is 1. The Bertz CT molecular complexity index is 407. The molecule has 1 aliphatic heterocycles. The van der Waals surface area contributed by atoms with Gasteiger partial charge in [-0.25, -0.2) is 14.7 Å². The summed E-state index contributed by atoms with van der Waals surface area (Å²) in [6, 6.07) is 0.747. The lowest BCUT2D eigenvalue weighted by Crippen LogP contribution is -2.54. The third-order valence-corrected chi connectivity index (χ3v) is 3.31. The Labute approximate surface area is 106 Å². The number of hydrogen-bond acceptors (Lipinski definition) is 5. The minimum atomic E-state index is -0.0968. The number of piperidine rings is 1. The average Bonchev–Trinajstić information content (AvgIpc) is 2.69. The number of hydrogen-bond donors (Lipinski definition) is 2. The van der Waals surface area contributed by atoms with Gasteiger partial charge in [0, 0.05) is 12.1 Å². The first-order chi connectivity index (χ1) is 8.56. The summed E-state index contributed by atoms with van der Waals surface area (Å²) in [6.45, 7) is 4.40. The van der Waals surface area contributed by atoms with E-state index < -0.39 is 0 Å². The zero-order valence-corrected chi connectivity index (χ0v) is 10.8. The van der Waals surface area contributed by atoms with Gasteiger partial charge in [-0.2, -0.15) is 0 Å². The van der Waals surface area contributed by atoms with Crippen molar-refractivity contribution in [2.75, 3.05) is 5.73 Å². The third kappa shape index (κ3) is 2.98. The summed E-state index contributed by atoms with van der Waals surface area (Å²) >= 11 is 0. The van der Waals surface area contributed by atoms with Gasteiger partial charge >= 0.3 is 0 Å². The van der Waals surface area contributed by atoms with Crippen molar-refractivity contribution in [2.24, 2.45) is 0 Å². The molecule has 0 saturated carbocycles. The lowest BCUT2D eigenvalue weighted by molar-refractivity contribution is -0.130. The third-order valence-electron chi connectivity index (χ3n) is 3.31. The Morgan fingerprint density at radius 1 is 1.50 bits per heavy atom. The van der Waals surface area contributed by atoms with Gasteiger partial charge in [-0.15, -0.1) is 5.10 Å². The molecule has 1 amide bonds. The fourth-order valence-electron chi connectivity index (χ4n) is 2.35. The number of aromatic nitrogens is 3. The monoisotopic (exact) mass is 252 g/mol. The van der Waals surface area contributed by atoms with Crippen LogP contribution >= 0.6 is 0 Å². The topological polar surface area (TPSA) is 89.1 Å². The summed E-state index contributed by atoms with van der Waals surface area (Å²) in [5, 5.41) is 5.92. The van der Waals surface area contributed by atoms with Crippen LogP contribution in [0, 0.1) is 0 Å². The second kappa shape index (κ2) is 5.34. The normalized spacial score (nSPS) is 25.0. The van der Waals surface area contributed by atoms with E-state index in [1.165, 1.54) is 17.4 Å². The van der Waals surface area contributed by atoms with Gasteiger partial charge in [0.15, 0.2) is 0 Å². The molecule has 2 unspecified atom stereocenters. The second-order valence-electron chi connectivity index (χ2n) is 4.87. The average molecular weight is 252 g/mol. The first kappa shape index (κ1) is 12.8. The highest BCUT2D eigenvalue weighted by molar-refractivity contribution is 5.75. The van der Waals surface area contributed by atoms with Crippen LogP contribution in [-0.2, 0) is 11.3 Å². The first-order valence-corrected chi connectivity index (χ1v) is 6.29. The molecule has 1 aromatic heterocycles. The van der Waals surface area contributed by atoms with E-state index in [4.69, 9.17) is 5.73 Å². The van der Waals surface area contributed by atoms with Crippen LogP contribution in [0.4, 0.5) is 5.95 Å². The zero-order chi connectivity index (χ0) is 13.1. The number of carbonyl (C=O) groups is 1. The number of anilines is 1. The van der Waals surface area contributed by atoms with Crippen LogP contribution in [-0.4, -0.2) is 37.8 Å². The molecule has 0 aromatic carbocycles. The maximum Gasteiger partial charge on any atom is 0.256 e. The largest absolute Gasteiger partial charge is 0.367 e. The van der Waals surface area contributed by atoms with E-state index in [2.05, 4.69) is 29.4 Å². The Morgan fingerprint density at radius 2 is 2.17 bits per heavy atom. The zero-order valence-electron chi connectivity index (χ0n) is 10.8. The van der Waals surface area contributed by atoms with Crippen LogP contribution in [0.5, 0.6) is 0 Å². The molecular weight excluding hydrogens is 232 g/mol. The maximum absolute atomic E-state index is 11.9. The van der Waals surface area contributed by atoms with Gasteiger partial charge in [-0.3, -0.25) is 10.2 Å². The minimum absolute atomic E-state index is 0.0968. The molecule has 0 aliphatic carbocycles. The number of nitrogens with zero attached hydrogens (tertiary/aromatic N) is 4. The minimum Gasteiger partial charge on any atom is -0.367 e. The van der Waals surface area contributed by atoms with Crippen molar-refractivity contribution in [2.45, 2.75) is 51.7 Å². The summed E-state index contributed by atoms with van der Waals surface area (Å²) in [7, 11) is 0. The highest BCUT2D eigenvalue weighted by Gasteiger charge is 2.26. The molecule has 0 spiro atoms. The highest BCUT2D eigenvalue weighted by Crippen LogP contribution is 2.20. The van der Waals surface area contributed by atoms with Crippen molar-refractivity contribution in [3.05, 3.63) is 6.33 Å². The summed E-state index contributed by atoms with van der Waals surface area (Å²) in [5.41, 5.74) is 8.34. The number of hydrazine groups is 1. The van der Waals surface area contributed by atoms with E-state index in [0.29, 0.717) is 12.1 Å². The molecule has 2 rings (SSSR count). The van der Waals surface area contributed by atoms with E-state index >= 15 is 0 Å². The summed E-state index contributed by atoms with van der Waals surface area (Å²) in [5.74, 6) is 0.0861. The molecule has 1 aromatic rings. The molecule has 1 aliphatic rings. The molecule has 1 saturated heterocycles. The Hall–Kier alpha value is -1.63. The lowest BCUT2D eigenvalue weighted by Gasteiger charge is -2.38. The number of nitrogen functional groups attached to an aromatic ring is 1. The molecular formula is C11H20N6O. The van der Waals surface area contributed by atoms with Crippen molar-refractivity contribution < 1.29 is 4.79 Å². The van der Waals surface area contributed by atoms with Crippen molar-refractivity contribution in [3.8, 4) is 0 Å². The van der Waals surface area contributed by atoms with Gasteiger partial charge in [0.1, 0.15) is 12.9 Å². The molecule has 7 nitrogen and oxygen atoms in total. The molecule has 3 N–H and O–H groups in total. The molecule has 2 heterocycles. The Kier molecular flexibility index (Phi) is 3.81. The fraction of sp³-hybridized carbons (Fsp3) is 0.727. The second-order valence-corrected chi connectivity index (χ2v) is 4.87. The quantitative estimate of drug-likeness (QED) is 0.799.